The molecule has 0 saturated heterocycles. The van der Waals surface area contributed by atoms with Gasteiger partial charge in [0.1, 0.15) is 5.69 Å². The summed E-state index contributed by atoms with van der Waals surface area (Å²) in [6.07, 6.45) is -3.89. The lowest BCUT2D eigenvalue weighted by Gasteiger charge is -2.29. The van der Waals surface area contributed by atoms with E-state index in [4.69, 9.17) is 16.7 Å². The van der Waals surface area contributed by atoms with E-state index in [0.29, 0.717) is 28.9 Å². The maximum atomic E-state index is 13.6. The number of ketones is 1. The molecule has 0 unspecified atom stereocenters. The van der Waals surface area contributed by atoms with Gasteiger partial charge in [-0.3, -0.25) is 9.48 Å². The summed E-state index contributed by atoms with van der Waals surface area (Å²) in [5.41, 5.74) is 0.444. The topological polar surface area (TPSA) is 72.2 Å². The zero-order valence-electron chi connectivity index (χ0n) is 17.8. The first-order chi connectivity index (χ1) is 15.4. The number of rotatable bonds is 4. The number of Topliss-reactive ketones (excluding diaryl/α,β-unsaturated/α-hetero) is 1. The molecule has 33 heavy (non-hydrogen) atoms. The summed E-state index contributed by atoms with van der Waals surface area (Å²) in [5, 5.41) is 13.6. The van der Waals surface area contributed by atoms with Gasteiger partial charge in [-0.1, -0.05) is 43.6 Å². The van der Waals surface area contributed by atoms with Gasteiger partial charge < -0.3 is 5.11 Å². The number of halogens is 4. The molecule has 1 heterocycles. The molecule has 0 spiro atoms. The Labute approximate surface area is 192 Å². The van der Waals surface area contributed by atoms with Crippen LogP contribution in [0.3, 0.4) is 0 Å². The number of benzene rings is 2. The smallest absolute Gasteiger partial charge is 0.416 e. The van der Waals surface area contributed by atoms with E-state index in [-0.39, 0.29) is 40.3 Å². The van der Waals surface area contributed by atoms with Crippen LogP contribution in [0, 0.1) is 5.41 Å². The van der Waals surface area contributed by atoms with Crippen molar-refractivity contribution in [1.29, 1.82) is 0 Å². The van der Waals surface area contributed by atoms with Crippen LogP contribution in [0.15, 0.2) is 42.5 Å². The molecule has 0 aliphatic heterocycles. The van der Waals surface area contributed by atoms with Crippen molar-refractivity contribution in [2.75, 3.05) is 0 Å². The van der Waals surface area contributed by atoms with Gasteiger partial charge in [-0.2, -0.15) is 18.3 Å². The van der Waals surface area contributed by atoms with Crippen LogP contribution < -0.4 is 0 Å². The number of alkyl halides is 3. The molecule has 172 valence electrons. The number of hydrogen-bond donors (Lipinski definition) is 1. The highest BCUT2D eigenvalue weighted by Gasteiger charge is 2.38. The predicted octanol–water partition coefficient (Wildman–Crippen LogP) is 6.12. The Morgan fingerprint density at radius 1 is 1.15 bits per heavy atom. The third-order valence-corrected chi connectivity index (χ3v) is 6.11. The highest BCUT2D eigenvalue weighted by Crippen LogP contribution is 2.41. The Bertz CT molecular complexity index is 1260. The van der Waals surface area contributed by atoms with Gasteiger partial charge in [0.25, 0.3) is 0 Å². The van der Waals surface area contributed by atoms with Crippen molar-refractivity contribution in [2.24, 2.45) is 5.41 Å². The van der Waals surface area contributed by atoms with Gasteiger partial charge in [0.15, 0.2) is 5.78 Å². The molecule has 3 aromatic rings. The largest absolute Gasteiger partial charge is 0.478 e. The standard InChI is InChI=1S/C24H20ClF3N2O3/c1-23(2)10-18-20(19(31)11-23)21(13-6-8-14(9-7-13)22(32)33)29-30(18)12-15-16(24(26,27)28)4-3-5-17(15)25/h3-9H,10-12H2,1-2H3,(H,32,33). The molecular weight excluding hydrogens is 457 g/mol. The predicted molar refractivity (Wildman–Crippen MR) is 117 cm³/mol. The van der Waals surface area contributed by atoms with E-state index in [2.05, 4.69) is 5.10 Å². The highest BCUT2D eigenvalue weighted by molar-refractivity contribution is 6.31. The van der Waals surface area contributed by atoms with Gasteiger partial charge >= 0.3 is 12.1 Å². The molecule has 1 aromatic heterocycles. The van der Waals surface area contributed by atoms with Crippen molar-refractivity contribution in [2.45, 2.75) is 39.4 Å². The first kappa shape index (κ1) is 23.0. The summed E-state index contributed by atoms with van der Waals surface area (Å²) < 4.78 is 42.3. The molecule has 1 N–H and O–H groups in total. The first-order valence-corrected chi connectivity index (χ1v) is 10.6. The summed E-state index contributed by atoms with van der Waals surface area (Å²) in [6, 6.07) is 9.49. The van der Waals surface area contributed by atoms with Gasteiger partial charge in [0, 0.05) is 22.6 Å². The first-order valence-electron chi connectivity index (χ1n) is 10.2. The van der Waals surface area contributed by atoms with Gasteiger partial charge in [0.05, 0.1) is 28.9 Å². The van der Waals surface area contributed by atoms with E-state index in [0.717, 1.165) is 6.07 Å². The Hall–Kier alpha value is -3.13. The molecule has 1 aliphatic carbocycles. The summed E-state index contributed by atoms with van der Waals surface area (Å²) in [6.45, 7) is 3.58. The minimum absolute atomic E-state index is 0.0390. The van der Waals surface area contributed by atoms with Crippen molar-refractivity contribution < 1.29 is 27.9 Å². The lowest BCUT2D eigenvalue weighted by Crippen LogP contribution is -2.28. The fraction of sp³-hybridized carbons (Fsp3) is 0.292. The van der Waals surface area contributed by atoms with E-state index in [9.17, 15) is 22.8 Å². The van der Waals surface area contributed by atoms with Gasteiger partial charge in [0.2, 0.25) is 0 Å². The molecule has 0 radical (unpaired) electrons. The van der Waals surface area contributed by atoms with Gasteiger partial charge in [-0.25, -0.2) is 4.79 Å². The number of carboxylic acids is 1. The molecule has 5 nitrogen and oxygen atoms in total. The molecule has 0 fully saturated rings. The number of aromatic carboxylic acids is 1. The van der Waals surface area contributed by atoms with Crippen LogP contribution in [0.5, 0.6) is 0 Å². The minimum Gasteiger partial charge on any atom is -0.478 e. The van der Waals surface area contributed by atoms with Crippen molar-refractivity contribution >= 4 is 23.4 Å². The quantitative estimate of drug-likeness (QED) is 0.492. The molecular formula is C24H20ClF3N2O3. The number of nitrogens with zero attached hydrogens (tertiary/aromatic N) is 2. The molecule has 9 heteroatoms. The van der Waals surface area contributed by atoms with E-state index in [1.54, 1.807) is 12.1 Å². The molecule has 1 aliphatic rings. The fourth-order valence-corrected chi connectivity index (χ4v) is 4.48. The third kappa shape index (κ3) is 4.39. The second kappa shape index (κ2) is 8.02. The van der Waals surface area contributed by atoms with E-state index >= 15 is 0 Å². The monoisotopic (exact) mass is 476 g/mol. The average Bonchev–Trinajstić information content (AvgIpc) is 3.06. The maximum absolute atomic E-state index is 13.6. The number of carbonyl (C=O) groups excluding carboxylic acids is 1. The van der Waals surface area contributed by atoms with E-state index in [1.807, 2.05) is 13.8 Å². The summed E-state index contributed by atoms with van der Waals surface area (Å²) in [7, 11) is 0. The second-order valence-corrected chi connectivity index (χ2v) is 9.32. The number of hydrogen-bond acceptors (Lipinski definition) is 3. The molecule has 4 rings (SSSR count). The fourth-order valence-electron chi connectivity index (χ4n) is 4.25. The lowest BCUT2D eigenvalue weighted by atomic mass is 9.75. The molecule has 0 saturated carbocycles. The van der Waals surface area contributed by atoms with Crippen LogP contribution in [0.1, 0.15) is 57.8 Å². The van der Waals surface area contributed by atoms with Crippen LogP contribution >= 0.6 is 11.6 Å². The summed E-state index contributed by atoms with van der Waals surface area (Å²) in [4.78, 5) is 24.3. The van der Waals surface area contributed by atoms with Crippen molar-refractivity contribution in [1.82, 2.24) is 9.78 Å². The van der Waals surface area contributed by atoms with Crippen molar-refractivity contribution in [3.63, 3.8) is 0 Å². The van der Waals surface area contributed by atoms with Crippen molar-refractivity contribution in [3.8, 4) is 11.3 Å². The van der Waals surface area contributed by atoms with Crippen LogP contribution in [0.25, 0.3) is 11.3 Å². The lowest BCUT2D eigenvalue weighted by molar-refractivity contribution is -0.138. The normalized spacial score (nSPS) is 15.4. The van der Waals surface area contributed by atoms with Gasteiger partial charge in [-0.05, 0) is 36.1 Å². The Morgan fingerprint density at radius 3 is 2.42 bits per heavy atom. The third-order valence-electron chi connectivity index (χ3n) is 5.76. The Morgan fingerprint density at radius 2 is 1.82 bits per heavy atom. The van der Waals surface area contributed by atoms with Crippen LogP contribution in [0.4, 0.5) is 13.2 Å². The molecule has 2 aromatic carbocycles. The number of aromatic nitrogens is 2. The van der Waals surface area contributed by atoms with E-state index < -0.39 is 17.7 Å². The number of carboxylic acid groups (broad SMARTS) is 1. The number of fused-ring (bicyclic) bond motifs is 1. The summed E-state index contributed by atoms with van der Waals surface area (Å²) in [5.74, 6) is -1.25. The van der Waals surface area contributed by atoms with Crippen LogP contribution in [-0.2, 0) is 19.1 Å². The zero-order valence-corrected chi connectivity index (χ0v) is 18.6. The SMILES string of the molecule is CC1(C)CC(=O)c2c(-c3ccc(C(=O)O)cc3)nn(Cc3c(Cl)cccc3C(F)(F)F)c2C1. The average molecular weight is 477 g/mol. The molecule has 0 amide bonds. The Kier molecular flexibility index (Phi) is 5.60. The second-order valence-electron chi connectivity index (χ2n) is 8.92. The Balaban J connectivity index is 1.88. The van der Waals surface area contributed by atoms with Crippen molar-refractivity contribution in [3.05, 3.63) is 75.4 Å². The summed E-state index contributed by atoms with van der Waals surface area (Å²) >= 11 is 6.16. The molecule has 0 atom stereocenters. The zero-order chi connectivity index (χ0) is 24.1. The van der Waals surface area contributed by atoms with Crippen LogP contribution in [-0.4, -0.2) is 26.6 Å². The maximum Gasteiger partial charge on any atom is 0.416 e. The number of carbonyl (C=O) groups is 2. The highest BCUT2D eigenvalue weighted by atomic mass is 35.5. The molecule has 0 bridgehead atoms. The van der Waals surface area contributed by atoms with Gasteiger partial charge in [-0.15, -0.1) is 0 Å². The minimum atomic E-state index is -4.60. The van der Waals surface area contributed by atoms with Crippen LogP contribution in [0.2, 0.25) is 5.02 Å². The van der Waals surface area contributed by atoms with E-state index in [1.165, 1.54) is 28.9 Å².